The molecule has 3 heteroatoms. The molecule has 0 aliphatic heterocycles. The fourth-order valence-corrected chi connectivity index (χ4v) is 2.97. The van der Waals surface area contributed by atoms with Crippen molar-refractivity contribution >= 4 is 5.91 Å². The molecule has 0 aromatic heterocycles. The summed E-state index contributed by atoms with van der Waals surface area (Å²) in [5, 5.41) is 13.2. The zero-order valence-electron chi connectivity index (χ0n) is 10.0. The lowest BCUT2D eigenvalue weighted by Gasteiger charge is -2.32. The number of hydrogen-bond donors (Lipinski definition) is 2. The first kappa shape index (κ1) is 11.9. The molecule has 0 bridgehead atoms. The van der Waals surface area contributed by atoms with Gasteiger partial charge in [-0.2, -0.15) is 0 Å². The van der Waals surface area contributed by atoms with Crippen molar-refractivity contribution in [2.45, 2.75) is 63.4 Å². The summed E-state index contributed by atoms with van der Waals surface area (Å²) in [6.45, 7) is 0.461. The Hall–Kier alpha value is -0.570. The van der Waals surface area contributed by atoms with Gasteiger partial charge in [-0.3, -0.25) is 4.79 Å². The third-order valence-electron chi connectivity index (χ3n) is 4.10. The van der Waals surface area contributed by atoms with E-state index in [1.165, 1.54) is 19.3 Å². The lowest BCUT2D eigenvalue weighted by atomic mass is 9.85. The van der Waals surface area contributed by atoms with Crippen molar-refractivity contribution < 1.29 is 9.90 Å². The van der Waals surface area contributed by atoms with Crippen molar-refractivity contribution in [2.24, 2.45) is 5.92 Å². The van der Waals surface area contributed by atoms with Gasteiger partial charge in [0.15, 0.2) is 0 Å². The molecule has 2 N–H and O–H groups in total. The highest BCUT2D eigenvalue weighted by Crippen LogP contribution is 2.28. The summed E-state index contributed by atoms with van der Waals surface area (Å²) in [4.78, 5) is 11.8. The molecule has 2 rings (SSSR count). The number of hydrogen-bond acceptors (Lipinski definition) is 2. The highest BCUT2D eigenvalue weighted by atomic mass is 16.3. The summed E-state index contributed by atoms with van der Waals surface area (Å²) < 4.78 is 0. The van der Waals surface area contributed by atoms with Crippen LogP contribution in [0.4, 0.5) is 0 Å². The van der Waals surface area contributed by atoms with E-state index in [1.807, 2.05) is 0 Å². The van der Waals surface area contributed by atoms with Gasteiger partial charge in [0.25, 0.3) is 0 Å². The van der Waals surface area contributed by atoms with Crippen LogP contribution in [0.25, 0.3) is 0 Å². The summed E-state index contributed by atoms with van der Waals surface area (Å²) in [5.74, 6) is 0.378. The van der Waals surface area contributed by atoms with Crippen LogP contribution in [0, 0.1) is 5.92 Å². The molecule has 2 saturated carbocycles. The van der Waals surface area contributed by atoms with Crippen LogP contribution in [0.15, 0.2) is 0 Å². The summed E-state index contributed by atoms with van der Waals surface area (Å²) in [6, 6.07) is 0. The van der Waals surface area contributed by atoms with Crippen molar-refractivity contribution in [1.82, 2.24) is 5.32 Å². The van der Waals surface area contributed by atoms with Gasteiger partial charge < -0.3 is 10.4 Å². The highest BCUT2D eigenvalue weighted by Gasteiger charge is 2.31. The van der Waals surface area contributed by atoms with Crippen molar-refractivity contribution in [2.75, 3.05) is 6.54 Å². The van der Waals surface area contributed by atoms with E-state index in [2.05, 4.69) is 5.32 Å². The van der Waals surface area contributed by atoms with E-state index in [9.17, 15) is 9.90 Å². The van der Waals surface area contributed by atoms with Gasteiger partial charge in [-0.1, -0.05) is 32.1 Å². The summed E-state index contributed by atoms with van der Waals surface area (Å²) >= 11 is 0. The van der Waals surface area contributed by atoms with Gasteiger partial charge in [-0.15, -0.1) is 0 Å². The smallest absolute Gasteiger partial charge is 0.223 e. The second-order valence-corrected chi connectivity index (χ2v) is 5.48. The minimum atomic E-state index is -0.619. The minimum Gasteiger partial charge on any atom is -0.388 e. The van der Waals surface area contributed by atoms with Crippen LogP contribution in [-0.2, 0) is 4.79 Å². The normalized spacial score (nSPS) is 25.6. The molecule has 16 heavy (non-hydrogen) atoms. The lowest BCUT2D eigenvalue weighted by Crippen LogP contribution is -2.45. The Morgan fingerprint density at radius 1 is 1.12 bits per heavy atom. The maximum absolute atomic E-state index is 11.8. The number of nitrogens with one attached hydrogen (secondary N) is 1. The fraction of sp³-hybridized carbons (Fsp3) is 0.923. The molecule has 0 radical (unpaired) electrons. The molecule has 0 saturated heterocycles. The monoisotopic (exact) mass is 225 g/mol. The molecule has 92 valence electrons. The SMILES string of the molecule is O=C(NCC1(O)CCCCC1)C1CCCC1. The van der Waals surface area contributed by atoms with E-state index in [0.717, 1.165) is 38.5 Å². The van der Waals surface area contributed by atoms with E-state index in [1.54, 1.807) is 0 Å². The second kappa shape index (κ2) is 5.17. The predicted octanol–water partition coefficient (Wildman–Crippen LogP) is 1.99. The van der Waals surface area contributed by atoms with Crippen molar-refractivity contribution in [3.05, 3.63) is 0 Å². The molecule has 0 aromatic rings. The van der Waals surface area contributed by atoms with Crippen LogP contribution in [0.1, 0.15) is 57.8 Å². The zero-order valence-corrected chi connectivity index (χ0v) is 10.0. The first-order chi connectivity index (χ1) is 7.70. The van der Waals surface area contributed by atoms with E-state index in [4.69, 9.17) is 0 Å². The van der Waals surface area contributed by atoms with Gasteiger partial charge in [0.05, 0.1) is 5.60 Å². The Kier molecular flexibility index (Phi) is 3.85. The first-order valence-electron chi connectivity index (χ1n) is 6.70. The van der Waals surface area contributed by atoms with Crippen LogP contribution < -0.4 is 5.32 Å². The first-order valence-corrected chi connectivity index (χ1v) is 6.70. The van der Waals surface area contributed by atoms with Gasteiger partial charge in [-0.05, 0) is 25.7 Å². The summed E-state index contributed by atoms with van der Waals surface area (Å²) in [7, 11) is 0. The number of rotatable bonds is 3. The highest BCUT2D eigenvalue weighted by molar-refractivity contribution is 5.78. The number of carbonyl (C=O) groups excluding carboxylic acids is 1. The molecule has 0 atom stereocenters. The van der Waals surface area contributed by atoms with E-state index < -0.39 is 5.60 Å². The number of aliphatic hydroxyl groups is 1. The molecule has 2 aliphatic rings. The Morgan fingerprint density at radius 2 is 1.75 bits per heavy atom. The van der Waals surface area contributed by atoms with Gasteiger partial charge in [0, 0.05) is 12.5 Å². The summed E-state index contributed by atoms with van der Waals surface area (Å²) in [5.41, 5.74) is -0.619. The zero-order chi connectivity index (χ0) is 11.4. The van der Waals surface area contributed by atoms with Crippen LogP contribution >= 0.6 is 0 Å². The maximum atomic E-state index is 11.8. The van der Waals surface area contributed by atoms with Crippen molar-refractivity contribution in [1.29, 1.82) is 0 Å². The van der Waals surface area contributed by atoms with E-state index in [0.29, 0.717) is 6.54 Å². The third-order valence-corrected chi connectivity index (χ3v) is 4.10. The largest absolute Gasteiger partial charge is 0.388 e. The molecule has 2 fully saturated rings. The van der Waals surface area contributed by atoms with Crippen LogP contribution in [0.2, 0.25) is 0 Å². The molecule has 0 aromatic carbocycles. The Bertz CT molecular complexity index is 240. The Morgan fingerprint density at radius 3 is 2.38 bits per heavy atom. The molecular weight excluding hydrogens is 202 g/mol. The lowest BCUT2D eigenvalue weighted by molar-refractivity contribution is -0.126. The fourth-order valence-electron chi connectivity index (χ4n) is 2.97. The van der Waals surface area contributed by atoms with Gasteiger partial charge in [0.2, 0.25) is 5.91 Å². The van der Waals surface area contributed by atoms with Crippen molar-refractivity contribution in [3.8, 4) is 0 Å². The quantitative estimate of drug-likeness (QED) is 0.771. The molecule has 1 amide bonds. The predicted molar refractivity (Wildman–Crippen MR) is 63.0 cm³/mol. The maximum Gasteiger partial charge on any atom is 0.223 e. The summed E-state index contributed by atoms with van der Waals surface area (Å²) in [6.07, 6.45) is 9.53. The average Bonchev–Trinajstić information content (AvgIpc) is 2.80. The van der Waals surface area contributed by atoms with Gasteiger partial charge in [0.1, 0.15) is 0 Å². The minimum absolute atomic E-state index is 0.163. The number of amides is 1. The molecule has 2 aliphatic carbocycles. The van der Waals surface area contributed by atoms with Crippen LogP contribution in [0.5, 0.6) is 0 Å². The van der Waals surface area contributed by atoms with Crippen LogP contribution in [0.3, 0.4) is 0 Å². The number of carbonyl (C=O) groups is 1. The topological polar surface area (TPSA) is 49.3 Å². The molecule has 0 unspecified atom stereocenters. The second-order valence-electron chi connectivity index (χ2n) is 5.48. The van der Waals surface area contributed by atoms with Crippen LogP contribution in [-0.4, -0.2) is 23.2 Å². The average molecular weight is 225 g/mol. The Labute approximate surface area is 97.6 Å². The molecule has 0 spiro atoms. The van der Waals surface area contributed by atoms with E-state index >= 15 is 0 Å². The Balaban J connectivity index is 1.75. The van der Waals surface area contributed by atoms with Gasteiger partial charge >= 0.3 is 0 Å². The van der Waals surface area contributed by atoms with Gasteiger partial charge in [-0.25, -0.2) is 0 Å². The van der Waals surface area contributed by atoms with E-state index in [-0.39, 0.29) is 11.8 Å². The molecule has 0 heterocycles. The van der Waals surface area contributed by atoms with Crippen molar-refractivity contribution in [3.63, 3.8) is 0 Å². The standard InChI is InChI=1S/C13H23NO2/c15-12(11-6-2-3-7-11)14-10-13(16)8-4-1-5-9-13/h11,16H,1-10H2,(H,14,15). The third kappa shape index (κ3) is 2.97. The molecule has 3 nitrogen and oxygen atoms in total. The molecular formula is C13H23NO2.